The lowest BCUT2D eigenvalue weighted by Gasteiger charge is -2.16. The van der Waals surface area contributed by atoms with Gasteiger partial charge in [-0.2, -0.15) is 0 Å². The topological polar surface area (TPSA) is 67.8 Å². The summed E-state index contributed by atoms with van der Waals surface area (Å²) >= 11 is 6.42. The second-order valence-corrected chi connectivity index (χ2v) is 7.02. The summed E-state index contributed by atoms with van der Waals surface area (Å²) in [5, 5.41) is 12.9. The number of hydrogen-bond acceptors (Lipinski definition) is 4. The van der Waals surface area contributed by atoms with E-state index in [4.69, 9.17) is 21.1 Å². The molecule has 0 unspecified atom stereocenters. The van der Waals surface area contributed by atoms with Crippen LogP contribution in [0.2, 0.25) is 5.02 Å². The van der Waals surface area contributed by atoms with Gasteiger partial charge in [-0.25, -0.2) is 9.18 Å². The predicted octanol–water partition coefficient (Wildman–Crippen LogP) is 5.69. The first-order valence-electron chi connectivity index (χ1n) is 9.20. The molecule has 0 atom stereocenters. The molecule has 0 fully saturated rings. The van der Waals surface area contributed by atoms with Crippen molar-refractivity contribution >= 4 is 23.3 Å². The van der Waals surface area contributed by atoms with Gasteiger partial charge in [0.05, 0.1) is 12.7 Å². The smallest absolute Gasteiger partial charge is 0.336 e. The fourth-order valence-corrected chi connectivity index (χ4v) is 3.23. The summed E-state index contributed by atoms with van der Waals surface area (Å²) < 4.78 is 24.9. The second-order valence-electron chi connectivity index (χ2n) is 6.61. The van der Waals surface area contributed by atoms with Crippen molar-refractivity contribution in [3.05, 3.63) is 87.7 Å². The average molecular weight is 430 g/mol. The zero-order valence-electron chi connectivity index (χ0n) is 16.5. The van der Waals surface area contributed by atoms with E-state index in [0.717, 1.165) is 5.56 Å². The molecule has 30 heavy (non-hydrogen) atoms. The molecule has 7 heteroatoms. The number of carboxylic acid groups (broad SMARTS) is 1. The van der Waals surface area contributed by atoms with Crippen LogP contribution in [0.15, 0.2) is 54.6 Å². The van der Waals surface area contributed by atoms with Crippen LogP contribution in [0.1, 0.15) is 27.0 Å². The Morgan fingerprint density at radius 3 is 2.57 bits per heavy atom. The largest absolute Gasteiger partial charge is 0.493 e. The van der Waals surface area contributed by atoms with Crippen molar-refractivity contribution < 1.29 is 23.8 Å². The lowest BCUT2D eigenvalue weighted by Crippen LogP contribution is -2.07. The maximum atomic E-state index is 13.8. The molecule has 0 saturated heterocycles. The molecule has 0 radical (unpaired) electrons. The van der Waals surface area contributed by atoms with Crippen LogP contribution in [0.5, 0.6) is 11.5 Å². The Kier molecular flexibility index (Phi) is 6.79. The Morgan fingerprint density at radius 1 is 1.10 bits per heavy atom. The molecule has 0 aliphatic rings. The third-order valence-electron chi connectivity index (χ3n) is 4.71. The first kappa shape index (κ1) is 21.5. The van der Waals surface area contributed by atoms with Gasteiger partial charge in [-0.05, 0) is 42.3 Å². The molecule has 0 heterocycles. The maximum absolute atomic E-state index is 13.8. The molecule has 0 bridgehead atoms. The quantitative estimate of drug-likeness (QED) is 0.481. The minimum absolute atomic E-state index is 0.0398. The van der Waals surface area contributed by atoms with Crippen molar-refractivity contribution in [3.8, 4) is 11.5 Å². The van der Waals surface area contributed by atoms with Crippen LogP contribution in [-0.2, 0) is 13.2 Å². The van der Waals surface area contributed by atoms with Crippen molar-refractivity contribution in [1.29, 1.82) is 0 Å². The lowest BCUT2D eigenvalue weighted by molar-refractivity contribution is 0.0696. The summed E-state index contributed by atoms with van der Waals surface area (Å²) in [6.45, 7) is 2.14. The lowest BCUT2D eigenvalue weighted by atomic mass is 10.1. The van der Waals surface area contributed by atoms with Crippen LogP contribution in [0, 0.1) is 12.7 Å². The molecule has 3 aromatic carbocycles. The van der Waals surface area contributed by atoms with Gasteiger partial charge >= 0.3 is 5.97 Å². The third-order valence-corrected chi connectivity index (χ3v) is 5.06. The van der Waals surface area contributed by atoms with Gasteiger partial charge in [0.25, 0.3) is 0 Å². The Morgan fingerprint density at radius 2 is 1.87 bits per heavy atom. The summed E-state index contributed by atoms with van der Waals surface area (Å²) in [6, 6.07) is 14.8. The van der Waals surface area contributed by atoms with Crippen LogP contribution in [-0.4, -0.2) is 18.2 Å². The molecule has 156 valence electrons. The normalized spacial score (nSPS) is 10.5. The Labute approximate surface area is 179 Å². The van der Waals surface area contributed by atoms with E-state index < -0.39 is 5.97 Å². The van der Waals surface area contributed by atoms with Gasteiger partial charge in [-0.1, -0.05) is 35.9 Å². The number of nitrogens with one attached hydrogen (secondary N) is 1. The molecule has 2 N–H and O–H groups in total. The van der Waals surface area contributed by atoms with Crippen LogP contribution < -0.4 is 14.8 Å². The Balaban J connectivity index is 1.76. The van der Waals surface area contributed by atoms with Gasteiger partial charge in [0, 0.05) is 28.9 Å². The van der Waals surface area contributed by atoms with E-state index in [1.807, 2.05) is 0 Å². The zero-order chi connectivity index (χ0) is 21.7. The number of carbonyl (C=O) groups is 1. The van der Waals surface area contributed by atoms with Gasteiger partial charge in [0.1, 0.15) is 12.4 Å². The van der Waals surface area contributed by atoms with Crippen molar-refractivity contribution in [2.45, 2.75) is 20.1 Å². The van der Waals surface area contributed by atoms with Gasteiger partial charge in [0.2, 0.25) is 0 Å². The average Bonchev–Trinajstić information content (AvgIpc) is 2.73. The molecule has 5 nitrogen and oxygen atoms in total. The van der Waals surface area contributed by atoms with Crippen LogP contribution in [0.3, 0.4) is 0 Å². The molecule has 0 saturated carbocycles. The van der Waals surface area contributed by atoms with E-state index in [2.05, 4.69) is 5.32 Å². The van der Waals surface area contributed by atoms with Gasteiger partial charge in [0.15, 0.2) is 11.5 Å². The number of hydrogen-bond donors (Lipinski definition) is 2. The summed E-state index contributed by atoms with van der Waals surface area (Å²) in [7, 11) is 1.51. The summed E-state index contributed by atoms with van der Waals surface area (Å²) in [4.78, 5) is 11.3. The minimum atomic E-state index is -0.979. The van der Waals surface area contributed by atoms with Crippen molar-refractivity contribution in [3.63, 3.8) is 0 Å². The van der Waals surface area contributed by atoms with E-state index >= 15 is 0 Å². The number of methoxy groups -OCH3 is 1. The first-order valence-corrected chi connectivity index (χ1v) is 9.58. The molecule has 0 amide bonds. The van der Waals surface area contributed by atoms with Crippen LogP contribution in [0.4, 0.5) is 10.1 Å². The third kappa shape index (κ3) is 4.83. The number of ether oxygens (including phenoxy) is 2. The van der Waals surface area contributed by atoms with E-state index in [1.54, 1.807) is 55.5 Å². The fourth-order valence-electron chi connectivity index (χ4n) is 3.01. The summed E-state index contributed by atoms with van der Waals surface area (Å²) in [6.07, 6.45) is 0. The first-order chi connectivity index (χ1) is 14.4. The predicted molar refractivity (Wildman–Crippen MR) is 114 cm³/mol. The standard InChI is InChI=1S/C23H21ClFNO4/c1-14-17(23(27)28)7-5-9-20(14)26-12-16-10-21(29-2)22(11-18(16)24)30-13-15-6-3-4-8-19(15)25/h3-11,26H,12-13H2,1-2H3,(H,27,28). The number of aromatic carboxylic acids is 1. The second kappa shape index (κ2) is 9.50. The molecule has 3 aromatic rings. The highest BCUT2D eigenvalue weighted by Crippen LogP contribution is 2.34. The minimum Gasteiger partial charge on any atom is -0.493 e. The highest BCUT2D eigenvalue weighted by molar-refractivity contribution is 6.31. The molecule has 3 rings (SSSR count). The molecular formula is C23H21ClFNO4. The number of anilines is 1. The van der Waals surface area contributed by atoms with Crippen molar-refractivity contribution in [2.75, 3.05) is 12.4 Å². The Bertz CT molecular complexity index is 1070. The van der Waals surface area contributed by atoms with Gasteiger partial charge in [-0.15, -0.1) is 0 Å². The number of carboxylic acids is 1. The van der Waals surface area contributed by atoms with E-state index in [0.29, 0.717) is 39.9 Å². The monoisotopic (exact) mass is 429 g/mol. The number of halogens is 2. The zero-order valence-corrected chi connectivity index (χ0v) is 17.3. The fraction of sp³-hybridized carbons (Fsp3) is 0.174. The maximum Gasteiger partial charge on any atom is 0.336 e. The molecule has 0 aliphatic carbocycles. The van der Waals surface area contributed by atoms with Gasteiger partial charge < -0.3 is 19.9 Å². The van der Waals surface area contributed by atoms with Crippen molar-refractivity contribution in [1.82, 2.24) is 0 Å². The van der Waals surface area contributed by atoms with Crippen molar-refractivity contribution in [2.24, 2.45) is 0 Å². The molecule has 0 spiro atoms. The van der Waals surface area contributed by atoms with E-state index in [-0.39, 0.29) is 18.0 Å². The SMILES string of the molecule is COc1cc(CNc2cccc(C(=O)O)c2C)c(Cl)cc1OCc1ccccc1F. The summed E-state index contributed by atoms with van der Waals surface area (Å²) in [5.74, 6) is -0.461. The molecular weight excluding hydrogens is 409 g/mol. The molecule has 0 aromatic heterocycles. The summed E-state index contributed by atoms with van der Waals surface area (Å²) in [5.41, 5.74) is 2.74. The highest BCUT2D eigenvalue weighted by atomic mass is 35.5. The van der Waals surface area contributed by atoms with Crippen LogP contribution >= 0.6 is 11.6 Å². The van der Waals surface area contributed by atoms with Crippen LogP contribution in [0.25, 0.3) is 0 Å². The van der Waals surface area contributed by atoms with E-state index in [9.17, 15) is 14.3 Å². The van der Waals surface area contributed by atoms with E-state index in [1.165, 1.54) is 13.2 Å². The molecule has 0 aliphatic heterocycles. The highest BCUT2D eigenvalue weighted by Gasteiger charge is 2.14. The number of benzene rings is 3. The van der Waals surface area contributed by atoms with Gasteiger partial charge in [-0.3, -0.25) is 0 Å². The Hall–Kier alpha value is -3.25. The number of rotatable bonds is 8.